The number of aliphatic imine (C=N–C) groups is 1. The van der Waals surface area contributed by atoms with E-state index >= 15 is 0 Å². The van der Waals surface area contributed by atoms with E-state index in [1.54, 1.807) is 0 Å². The van der Waals surface area contributed by atoms with Crippen molar-refractivity contribution in [2.45, 2.75) is 37.8 Å². The molecule has 1 unspecified atom stereocenters. The van der Waals surface area contributed by atoms with E-state index in [0.717, 1.165) is 26.2 Å². The molecular formula is C13H27N5. The topological polar surface area (TPSA) is 56.9 Å². The van der Waals surface area contributed by atoms with Gasteiger partial charge >= 0.3 is 0 Å². The fourth-order valence-electron chi connectivity index (χ4n) is 2.83. The molecule has 1 saturated heterocycles. The minimum Gasteiger partial charge on any atom is -0.370 e. The molecular weight excluding hydrogens is 226 g/mol. The molecule has 2 aliphatic rings. The van der Waals surface area contributed by atoms with Crippen LogP contribution in [0.2, 0.25) is 0 Å². The standard InChI is InChI=1S/C13H27N5/c1-17-7-8-18(2)12(10-17)9-15-13(14)16-11-5-3-4-6-11/h11-12H,3-10H2,1-2H3,(H3,14,15,16). The Hall–Kier alpha value is -0.810. The van der Waals surface area contributed by atoms with Crippen molar-refractivity contribution in [3.8, 4) is 0 Å². The van der Waals surface area contributed by atoms with Crippen molar-refractivity contribution in [3.05, 3.63) is 0 Å². The highest BCUT2D eigenvalue weighted by atomic mass is 15.3. The molecule has 0 aromatic carbocycles. The summed E-state index contributed by atoms with van der Waals surface area (Å²) in [5, 5.41) is 3.34. The van der Waals surface area contributed by atoms with Crippen LogP contribution in [0.1, 0.15) is 25.7 Å². The van der Waals surface area contributed by atoms with Crippen LogP contribution >= 0.6 is 0 Å². The van der Waals surface area contributed by atoms with E-state index < -0.39 is 0 Å². The number of likely N-dealkylation sites (N-methyl/N-ethyl adjacent to an activating group) is 2. The largest absolute Gasteiger partial charge is 0.370 e. The van der Waals surface area contributed by atoms with Crippen LogP contribution in [-0.2, 0) is 0 Å². The molecule has 0 radical (unpaired) electrons. The van der Waals surface area contributed by atoms with Crippen LogP contribution in [0.4, 0.5) is 0 Å². The van der Waals surface area contributed by atoms with Crippen molar-refractivity contribution in [1.29, 1.82) is 0 Å². The molecule has 0 bridgehead atoms. The summed E-state index contributed by atoms with van der Waals surface area (Å²) in [7, 11) is 4.34. The molecule has 1 atom stereocenters. The van der Waals surface area contributed by atoms with Gasteiger partial charge in [-0.3, -0.25) is 9.89 Å². The Labute approximate surface area is 110 Å². The second-order valence-corrected chi connectivity index (χ2v) is 5.75. The summed E-state index contributed by atoms with van der Waals surface area (Å²) in [5.41, 5.74) is 5.96. The first-order chi connectivity index (χ1) is 8.65. The fourth-order valence-corrected chi connectivity index (χ4v) is 2.83. The highest BCUT2D eigenvalue weighted by Gasteiger charge is 2.22. The molecule has 3 N–H and O–H groups in total. The minimum atomic E-state index is 0.493. The van der Waals surface area contributed by atoms with Crippen molar-refractivity contribution >= 4 is 5.96 Å². The lowest BCUT2D eigenvalue weighted by Gasteiger charge is -2.36. The zero-order valence-electron chi connectivity index (χ0n) is 11.7. The zero-order valence-corrected chi connectivity index (χ0v) is 11.7. The van der Waals surface area contributed by atoms with Gasteiger partial charge < -0.3 is 16.0 Å². The molecule has 0 aromatic rings. The first-order valence-corrected chi connectivity index (χ1v) is 7.10. The predicted octanol–water partition coefficient (Wildman–Crippen LogP) is 0.0791. The van der Waals surface area contributed by atoms with Gasteiger partial charge in [0.2, 0.25) is 0 Å². The second kappa shape index (κ2) is 6.38. The molecule has 1 saturated carbocycles. The van der Waals surface area contributed by atoms with Crippen molar-refractivity contribution in [2.75, 3.05) is 40.3 Å². The number of guanidine groups is 1. The fraction of sp³-hybridized carbons (Fsp3) is 0.923. The number of nitrogens with zero attached hydrogens (tertiary/aromatic N) is 3. The van der Waals surface area contributed by atoms with Gasteiger partial charge in [0.1, 0.15) is 0 Å². The van der Waals surface area contributed by atoms with Crippen molar-refractivity contribution < 1.29 is 0 Å². The first kappa shape index (κ1) is 13.6. The predicted molar refractivity (Wildman–Crippen MR) is 75.8 cm³/mol. The van der Waals surface area contributed by atoms with Crippen LogP contribution in [0.5, 0.6) is 0 Å². The number of hydrogen-bond donors (Lipinski definition) is 2. The maximum absolute atomic E-state index is 5.96. The summed E-state index contributed by atoms with van der Waals surface area (Å²) in [6.07, 6.45) is 5.12. The van der Waals surface area contributed by atoms with Crippen molar-refractivity contribution in [3.63, 3.8) is 0 Å². The Bertz CT molecular complexity index is 285. The summed E-state index contributed by atoms with van der Waals surface area (Å²) >= 11 is 0. The first-order valence-electron chi connectivity index (χ1n) is 7.10. The number of nitrogens with one attached hydrogen (secondary N) is 1. The van der Waals surface area contributed by atoms with Crippen LogP contribution in [0.25, 0.3) is 0 Å². The van der Waals surface area contributed by atoms with E-state index in [2.05, 4.69) is 34.2 Å². The van der Waals surface area contributed by atoms with Crippen molar-refractivity contribution in [1.82, 2.24) is 15.1 Å². The Morgan fingerprint density at radius 1 is 1.28 bits per heavy atom. The van der Waals surface area contributed by atoms with E-state index in [-0.39, 0.29) is 0 Å². The van der Waals surface area contributed by atoms with E-state index in [9.17, 15) is 0 Å². The van der Waals surface area contributed by atoms with Gasteiger partial charge in [-0.2, -0.15) is 0 Å². The summed E-state index contributed by atoms with van der Waals surface area (Å²) in [5.74, 6) is 0.628. The summed E-state index contributed by atoms with van der Waals surface area (Å²) in [4.78, 5) is 9.25. The van der Waals surface area contributed by atoms with Gasteiger partial charge in [-0.05, 0) is 26.9 Å². The maximum Gasteiger partial charge on any atom is 0.188 e. The average molecular weight is 253 g/mol. The Morgan fingerprint density at radius 2 is 2.00 bits per heavy atom. The number of hydrogen-bond acceptors (Lipinski definition) is 3. The molecule has 5 nitrogen and oxygen atoms in total. The second-order valence-electron chi connectivity index (χ2n) is 5.75. The molecule has 1 aliphatic carbocycles. The molecule has 5 heteroatoms. The number of rotatable bonds is 3. The summed E-state index contributed by atoms with van der Waals surface area (Å²) < 4.78 is 0. The Balaban J connectivity index is 1.77. The molecule has 0 aromatic heterocycles. The lowest BCUT2D eigenvalue weighted by molar-refractivity contribution is 0.119. The molecule has 2 fully saturated rings. The van der Waals surface area contributed by atoms with Gasteiger partial charge in [0.05, 0.1) is 6.54 Å². The molecule has 104 valence electrons. The van der Waals surface area contributed by atoms with Crippen LogP contribution in [0.3, 0.4) is 0 Å². The normalized spacial score (nSPS) is 28.8. The number of piperazine rings is 1. The lowest BCUT2D eigenvalue weighted by Crippen LogP contribution is -2.51. The Kier molecular flexibility index (Phi) is 4.83. The summed E-state index contributed by atoms with van der Waals surface area (Å²) in [6, 6.07) is 1.05. The Morgan fingerprint density at radius 3 is 2.72 bits per heavy atom. The molecule has 2 rings (SSSR count). The highest BCUT2D eigenvalue weighted by Crippen LogP contribution is 2.17. The van der Waals surface area contributed by atoms with Crippen LogP contribution < -0.4 is 11.1 Å². The van der Waals surface area contributed by atoms with Crippen LogP contribution in [-0.4, -0.2) is 68.1 Å². The highest BCUT2D eigenvalue weighted by molar-refractivity contribution is 5.78. The van der Waals surface area contributed by atoms with Crippen LogP contribution in [0, 0.1) is 0 Å². The van der Waals surface area contributed by atoms with Gasteiger partial charge in [0.15, 0.2) is 5.96 Å². The van der Waals surface area contributed by atoms with Crippen molar-refractivity contribution in [2.24, 2.45) is 10.7 Å². The monoisotopic (exact) mass is 253 g/mol. The smallest absolute Gasteiger partial charge is 0.188 e. The number of nitrogens with two attached hydrogens (primary N) is 1. The van der Waals surface area contributed by atoms with E-state index in [1.165, 1.54) is 25.7 Å². The van der Waals surface area contributed by atoms with Crippen LogP contribution in [0.15, 0.2) is 4.99 Å². The third-order valence-electron chi connectivity index (χ3n) is 4.16. The SMILES string of the molecule is CN1CCN(C)C(CN=C(N)NC2CCCC2)C1. The molecule has 1 heterocycles. The van der Waals surface area contributed by atoms with Gasteiger partial charge in [-0.1, -0.05) is 12.8 Å². The zero-order chi connectivity index (χ0) is 13.0. The minimum absolute atomic E-state index is 0.493. The quantitative estimate of drug-likeness (QED) is 0.552. The average Bonchev–Trinajstić information content (AvgIpc) is 2.83. The van der Waals surface area contributed by atoms with E-state index in [0.29, 0.717) is 18.0 Å². The molecule has 1 aliphatic heterocycles. The molecule has 0 spiro atoms. The van der Waals surface area contributed by atoms with Gasteiger partial charge in [-0.25, -0.2) is 0 Å². The third kappa shape index (κ3) is 3.85. The maximum atomic E-state index is 5.96. The van der Waals surface area contributed by atoms with Gasteiger partial charge in [0, 0.05) is 31.7 Å². The van der Waals surface area contributed by atoms with Gasteiger partial charge in [-0.15, -0.1) is 0 Å². The molecule has 0 amide bonds. The summed E-state index contributed by atoms with van der Waals surface area (Å²) in [6.45, 7) is 4.14. The third-order valence-corrected chi connectivity index (χ3v) is 4.16. The van der Waals surface area contributed by atoms with E-state index in [1.807, 2.05) is 0 Å². The molecule has 18 heavy (non-hydrogen) atoms. The van der Waals surface area contributed by atoms with E-state index in [4.69, 9.17) is 5.73 Å². The van der Waals surface area contributed by atoms with Gasteiger partial charge in [0.25, 0.3) is 0 Å². The lowest BCUT2D eigenvalue weighted by atomic mass is 10.2.